The van der Waals surface area contributed by atoms with E-state index in [9.17, 15) is 14.0 Å². The maximum atomic E-state index is 13.4. The van der Waals surface area contributed by atoms with E-state index in [0.29, 0.717) is 17.2 Å². The lowest BCUT2D eigenvalue weighted by molar-refractivity contribution is 0.0503. The molecule has 0 atom stereocenters. The largest absolute Gasteiger partial charge is 0.462 e. The van der Waals surface area contributed by atoms with Crippen LogP contribution in [-0.2, 0) is 4.74 Å². The number of halogens is 1. The van der Waals surface area contributed by atoms with Gasteiger partial charge in [-0.3, -0.25) is 4.79 Å². The minimum Gasteiger partial charge on any atom is -0.462 e. The van der Waals surface area contributed by atoms with Crippen molar-refractivity contribution in [2.75, 3.05) is 11.9 Å². The number of amides is 1. The van der Waals surface area contributed by atoms with Crippen LogP contribution in [0.25, 0.3) is 10.1 Å². The number of rotatable bonds is 6. The van der Waals surface area contributed by atoms with Gasteiger partial charge in [-0.1, -0.05) is 37.6 Å². The van der Waals surface area contributed by atoms with E-state index >= 15 is 0 Å². The molecule has 134 valence electrons. The van der Waals surface area contributed by atoms with Gasteiger partial charge in [0.05, 0.1) is 6.61 Å². The molecule has 1 aromatic heterocycles. The van der Waals surface area contributed by atoms with Gasteiger partial charge in [0.25, 0.3) is 5.91 Å². The number of hydrogen-bond acceptors (Lipinski definition) is 4. The van der Waals surface area contributed by atoms with Gasteiger partial charge in [-0.15, -0.1) is 11.3 Å². The molecule has 2 aromatic carbocycles. The van der Waals surface area contributed by atoms with Crippen molar-refractivity contribution < 1.29 is 18.7 Å². The number of fused-ring (bicyclic) bond motifs is 1. The Kier molecular flexibility index (Phi) is 5.63. The van der Waals surface area contributed by atoms with E-state index in [1.165, 1.54) is 29.5 Å². The predicted molar refractivity (Wildman–Crippen MR) is 101 cm³/mol. The van der Waals surface area contributed by atoms with Crippen LogP contribution in [-0.4, -0.2) is 18.5 Å². The first-order chi connectivity index (χ1) is 12.6. The molecule has 0 aliphatic heterocycles. The lowest BCUT2D eigenvalue weighted by Gasteiger charge is -2.08. The van der Waals surface area contributed by atoms with Gasteiger partial charge in [0.15, 0.2) is 0 Å². The number of esters is 1. The quantitative estimate of drug-likeness (QED) is 0.476. The van der Waals surface area contributed by atoms with E-state index in [4.69, 9.17) is 4.74 Å². The number of thiophene rings is 1. The van der Waals surface area contributed by atoms with E-state index < -0.39 is 17.7 Å². The average molecular weight is 371 g/mol. The standard InChI is InChI=1S/C20H18FNO3S/c1-2-3-11-25-20(24)17-15-9-4-5-10-16(15)26-19(17)22-18(23)13-7-6-8-14(21)12-13/h4-10,12H,2-3,11H2,1H3,(H,22,23). The van der Waals surface area contributed by atoms with Crippen LogP contribution in [0.15, 0.2) is 48.5 Å². The summed E-state index contributed by atoms with van der Waals surface area (Å²) >= 11 is 1.29. The SMILES string of the molecule is CCCCOC(=O)c1c(NC(=O)c2cccc(F)c2)sc2ccccc12. The van der Waals surface area contributed by atoms with Crippen LogP contribution in [0.3, 0.4) is 0 Å². The minimum atomic E-state index is -0.492. The Morgan fingerprint density at radius 1 is 1.15 bits per heavy atom. The smallest absolute Gasteiger partial charge is 0.341 e. The number of unbranched alkanes of at least 4 members (excludes halogenated alkanes) is 1. The van der Waals surface area contributed by atoms with Crippen molar-refractivity contribution in [2.45, 2.75) is 19.8 Å². The summed E-state index contributed by atoms with van der Waals surface area (Å²) in [5.41, 5.74) is 0.527. The number of nitrogens with one attached hydrogen (secondary N) is 1. The van der Waals surface area contributed by atoms with Crippen molar-refractivity contribution in [1.29, 1.82) is 0 Å². The van der Waals surface area contributed by atoms with E-state index in [-0.39, 0.29) is 5.56 Å². The van der Waals surface area contributed by atoms with Crippen LogP contribution in [0.5, 0.6) is 0 Å². The Hall–Kier alpha value is -2.73. The maximum absolute atomic E-state index is 13.4. The molecule has 0 bridgehead atoms. The Balaban J connectivity index is 1.93. The molecule has 4 nitrogen and oxygen atoms in total. The van der Waals surface area contributed by atoms with Gasteiger partial charge in [0, 0.05) is 15.6 Å². The van der Waals surface area contributed by atoms with Gasteiger partial charge in [-0.05, 0) is 30.7 Å². The molecule has 0 saturated heterocycles. The van der Waals surface area contributed by atoms with Gasteiger partial charge in [0.2, 0.25) is 0 Å². The third kappa shape index (κ3) is 3.91. The molecule has 1 N–H and O–H groups in total. The highest BCUT2D eigenvalue weighted by atomic mass is 32.1. The van der Waals surface area contributed by atoms with Crippen molar-refractivity contribution in [3.8, 4) is 0 Å². The molecule has 26 heavy (non-hydrogen) atoms. The molecule has 3 rings (SSSR count). The zero-order valence-corrected chi connectivity index (χ0v) is 15.1. The molecule has 0 radical (unpaired) electrons. The highest BCUT2D eigenvalue weighted by Gasteiger charge is 2.22. The van der Waals surface area contributed by atoms with E-state index in [0.717, 1.165) is 29.0 Å². The topological polar surface area (TPSA) is 55.4 Å². The minimum absolute atomic E-state index is 0.188. The molecule has 0 unspecified atom stereocenters. The second kappa shape index (κ2) is 8.10. The lowest BCUT2D eigenvalue weighted by atomic mass is 10.1. The first kappa shape index (κ1) is 18.1. The normalized spacial score (nSPS) is 10.7. The first-order valence-electron chi connectivity index (χ1n) is 8.35. The molecular formula is C20H18FNO3S. The fourth-order valence-electron chi connectivity index (χ4n) is 2.52. The third-order valence-corrected chi connectivity index (χ3v) is 4.93. The summed E-state index contributed by atoms with van der Waals surface area (Å²) in [4.78, 5) is 25.0. The molecule has 0 aliphatic rings. The molecule has 0 spiro atoms. The van der Waals surface area contributed by atoms with Crippen LogP contribution in [0.4, 0.5) is 9.39 Å². The van der Waals surface area contributed by atoms with Crippen molar-refractivity contribution in [2.24, 2.45) is 0 Å². The summed E-state index contributed by atoms with van der Waals surface area (Å²) in [5, 5.41) is 3.86. The monoisotopic (exact) mass is 371 g/mol. The van der Waals surface area contributed by atoms with E-state index in [1.54, 1.807) is 0 Å². The van der Waals surface area contributed by atoms with Crippen LogP contribution < -0.4 is 5.32 Å². The molecule has 1 amide bonds. The Labute approximate surface area is 154 Å². The zero-order chi connectivity index (χ0) is 18.5. The number of carbonyl (C=O) groups is 2. The number of benzene rings is 2. The summed E-state index contributed by atoms with van der Waals surface area (Å²) < 4.78 is 19.6. The molecular weight excluding hydrogens is 353 g/mol. The summed E-state index contributed by atoms with van der Waals surface area (Å²) in [6.07, 6.45) is 1.69. The second-order valence-corrected chi connectivity index (χ2v) is 6.81. The van der Waals surface area contributed by atoms with Gasteiger partial charge in [-0.25, -0.2) is 9.18 Å². The van der Waals surface area contributed by atoms with Crippen LogP contribution in [0.2, 0.25) is 0 Å². The zero-order valence-electron chi connectivity index (χ0n) is 14.3. The number of ether oxygens (including phenoxy) is 1. The summed E-state index contributed by atoms with van der Waals surface area (Å²) in [6, 6.07) is 12.8. The molecule has 3 aromatic rings. The summed E-state index contributed by atoms with van der Waals surface area (Å²) in [5.74, 6) is -1.43. The summed E-state index contributed by atoms with van der Waals surface area (Å²) in [7, 11) is 0. The highest BCUT2D eigenvalue weighted by Crippen LogP contribution is 2.36. The fraction of sp³-hybridized carbons (Fsp3) is 0.200. The van der Waals surface area contributed by atoms with E-state index in [1.807, 2.05) is 31.2 Å². The first-order valence-corrected chi connectivity index (χ1v) is 9.17. The molecule has 0 aliphatic carbocycles. The predicted octanol–water partition coefficient (Wildman–Crippen LogP) is 5.25. The Bertz CT molecular complexity index is 951. The summed E-state index contributed by atoms with van der Waals surface area (Å²) in [6.45, 7) is 2.34. The van der Waals surface area contributed by atoms with Crippen LogP contribution in [0, 0.1) is 5.82 Å². The van der Waals surface area contributed by atoms with Crippen molar-refractivity contribution in [3.05, 3.63) is 65.5 Å². The average Bonchev–Trinajstić information content (AvgIpc) is 2.99. The number of anilines is 1. The third-order valence-electron chi connectivity index (χ3n) is 3.84. The molecule has 0 fully saturated rings. The molecule has 1 heterocycles. The van der Waals surface area contributed by atoms with Gasteiger partial charge in [-0.2, -0.15) is 0 Å². The molecule has 6 heteroatoms. The van der Waals surface area contributed by atoms with Gasteiger partial charge < -0.3 is 10.1 Å². The van der Waals surface area contributed by atoms with E-state index in [2.05, 4.69) is 5.32 Å². The van der Waals surface area contributed by atoms with Crippen LogP contribution >= 0.6 is 11.3 Å². The lowest BCUT2D eigenvalue weighted by Crippen LogP contribution is -2.14. The van der Waals surface area contributed by atoms with Crippen molar-refractivity contribution >= 4 is 38.3 Å². The van der Waals surface area contributed by atoms with Gasteiger partial charge >= 0.3 is 5.97 Å². The molecule has 0 saturated carbocycles. The second-order valence-electron chi connectivity index (χ2n) is 5.76. The van der Waals surface area contributed by atoms with Crippen molar-refractivity contribution in [3.63, 3.8) is 0 Å². The maximum Gasteiger partial charge on any atom is 0.341 e. The van der Waals surface area contributed by atoms with Crippen LogP contribution in [0.1, 0.15) is 40.5 Å². The Morgan fingerprint density at radius 2 is 1.96 bits per heavy atom. The van der Waals surface area contributed by atoms with Gasteiger partial charge in [0.1, 0.15) is 16.4 Å². The fourth-order valence-corrected chi connectivity index (χ4v) is 3.61. The highest BCUT2D eigenvalue weighted by molar-refractivity contribution is 7.23. The van der Waals surface area contributed by atoms with Crippen molar-refractivity contribution in [1.82, 2.24) is 0 Å². The Morgan fingerprint density at radius 3 is 2.73 bits per heavy atom. The number of hydrogen-bond donors (Lipinski definition) is 1. The number of carbonyl (C=O) groups excluding carboxylic acids is 2.